The van der Waals surface area contributed by atoms with Crippen LogP contribution in [0.15, 0.2) is 78.9 Å². The summed E-state index contributed by atoms with van der Waals surface area (Å²) >= 11 is 0. The lowest BCUT2D eigenvalue weighted by atomic mass is 9.85. The van der Waals surface area contributed by atoms with Gasteiger partial charge in [0.2, 0.25) is 11.8 Å². The molecule has 0 aliphatic heterocycles. The van der Waals surface area contributed by atoms with Crippen LogP contribution in [0.4, 0.5) is 4.39 Å². The van der Waals surface area contributed by atoms with E-state index in [1.807, 2.05) is 76.2 Å². The van der Waals surface area contributed by atoms with Crippen LogP contribution < -0.4 is 15.4 Å². The number of hydrogen-bond acceptors (Lipinski definition) is 5. The number of amides is 2. The molecular formula is C37H47FN2O5. The molecule has 0 radical (unpaired) electrons. The first-order valence-electron chi connectivity index (χ1n) is 15.5. The summed E-state index contributed by atoms with van der Waals surface area (Å²) in [6, 6.07) is 22.3. The first-order valence-corrected chi connectivity index (χ1v) is 15.5. The van der Waals surface area contributed by atoms with Crippen molar-refractivity contribution in [3.8, 4) is 11.5 Å². The van der Waals surface area contributed by atoms with Crippen LogP contribution in [0.2, 0.25) is 0 Å². The summed E-state index contributed by atoms with van der Waals surface area (Å²) in [6.07, 6.45) is 1.20. The summed E-state index contributed by atoms with van der Waals surface area (Å²) in [7, 11) is 0. The van der Waals surface area contributed by atoms with E-state index in [2.05, 4.69) is 10.6 Å². The Morgan fingerprint density at radius 1 is 0.822 bits per heavy atom. The van der Waals surface area contributed by atoms with Gasteiger partial charge in [-0.05, 0) is 87.8 Å². The zero-order chi connectivity index (χ0) is 33.2. The molecule has 3 unspecified atom stereocenters. The fraction of sp³-hybridized carbons (Fsp3) is 0.432. The number of aryl methyl sites for hydroxylation is 1. The highest BCUT2D eigenvalue weighted by molar-refractivity contribution is 5.90. The first-order chi connectivity index (χ1) is 21.1. The predicted octanol–water partition coefficient (Wildman–Crippen LogP) is 7.70. The van der Waals surface area contributed by atoms with Gasteiger partial charge < -0.3 is 20.1 Å². The van der Waals surface area contributed by atoms with Gasteiger partial charge >= 0.3 is 5.97 Å². The van der Waals surface area contributed by atoms with Crippen molar-refractivity contribution in [2.24, 2.45) is 11.3 Å². The highest BCUT2D eigenvalue weighted by Crippen LogP contribution is 2.27. The Labute approximate surface area is 266 Å². The molecule has 2 amide bonds. The average Bonchev–Trinajstić information content (AvgIpc) is 2.96. The second-order valence-electron chi connectivity index (χ2n) is 13.5. The number of nitrogens with one attached hydrogen (secondary N) is 2. The summed E-state index contributed by atoms with van der Waals surface area (Å²) in [5.74, 6) is -1.77. The number of rotatable bonds is 13. The van der Waals surface area contributed by atoms with Gasteiger partial charge in [0.15, 0.2) is 11.6 Å². The van der Waals surface area contributed by atoms with Crippen LogP contribution in [0.1, 0.15) is 84.9 Å². The lowest BCUT2D eigenvalue weighted by molar-refractivity contribution is -0.157. The number of carbonyl (C=O) groups excluding carboxylic acids is 3. The van der Waals surface area contributed by atoms with Crippen LogP contribution in [-0.4, -0.2) is 29.4 Å². The summed E-state index contributed by atoms with van der Waals surface area (Å²) in [5, 5.41) is 5.95. The summed E-state index contributed by atoms with van der Waals surface area (Å²) in [6.45, 7) is 12.9. The zero-order valence-corrected chi connectivity index (χ0v) is 27.5. The maximum Gasteiger partial charge on any atom is 0.307 e. The average molecular weight is 619 g/mol. The van der Waals surface area contributed by atoms with E-state index in [4.69, 9.17) is 9.47 Å². The van der Waals surface area contributed by atoms with E-state index in [0.29, 0.717) is 25.0 Å². The van der Waals surface area contributed by atoms with Crippen LogP contribution in [0.3, 0.4) is 0 Å². The topological polar surface area (TPSA) is 93.7 Å². The number of benzene rings is 3. The van der Waals surface area contributed by atoms with E-state index in [9.17, 15) is 18.8 Å². The van der Waals surface area contributed by atoms with Gasteiger partial charge in [0.1, 0.15) is 17.4 Å². The zero-order valence-electron chi connectivity index (χ0n) is 27.5. The molecule has 0 spiro atoms. The van der Waals surface area contributed by atoms with Crippen molar-refractivity contribution in [3.63, 3.8) is 0 Å². The van der Waals surface area contributed by atoms with Crippen molar-refractivity contribution in [1.29, 1.82) is 0 Å². The van der Waals surface area contributed by atoms with Gasteiger partial charge in [0.25, 0.3) is 0 Å². The lowest BCUT2D eigenvalue weighted by Crippen LogP contribution is -2.55. The van der Waals surface area contributed by atoms with Crippen molar-refractivity contribution in [1.82, 2.24) is 10.6 Å². The Balaban J connectivity index is 1.70. The number of carbonyl (C=O) groups is 3. The molecule has 0 aromatic heterocycles. The van der Waals surface area contributed by atoms with Gasteiger partial charge in [-0.15, -0.1) is 0 Å². The molecule has 2 N–H and O–H groups in total. The van der Waals surface area contributed by atoms with Crippen molar-refractivity contribution < 1.29 is 28.2 Å². The number of ether oxygens (including phenoxy) is 2. The molecule has 0 saturated heterocycles. The number of para-hydroxylation sites is 1. The highest BCUT2D eigenvalue weighted by Gasteiger charge is 2.36. The molecule has 0 fully saturated rings. The van der Waals surface area contributed by atoms with Gasteiger partial charge in [-0.1, -0.05) is 75.4 Å². The van der Waals surface area contributed by atoms with Crippen LogP contribution in [-0.2, 0) is 25.5 Å². The fourth-order valence-corrected chi connectivity index (χ4v) is 4.92. The molecule has 3 rings (SSSR count). The molecule has 7 nitrogen and oxygen atoms in total. The Bertz CT molecular complexity index is 1410. The smallest absolute Gasteiger partial charge is 0.307 e. The van der Waals surface area contributed by atoms with Crippen LogP contribution in [0.5, 0.6) is 11.5 Å². The second kappa shape index (κ2) is 15.7. The molecule has 3 aromatic carbocycles. The molecular weight excluding hydrogens is 571 g/mol. The van der Waals surface area contributed by atoms with Gasteiger partial charge in [-0.25, -0.2) is 4.39 Å². The molecule has 0 saturated carbocycles. The van der Waals surface area contributed by atoms with Crippen LogP contribution in [0, 0.1) is 17.2 Å². The van der Waals surface area contributed by atoms with Crippen molar-refractivity contribution in [2.75, 3.05) is 0 Å². The molecule has 3 aromatic rings. The molecule has 0 aliphatic rings. The molecule has 0 aliphatic carbocycles. The predicted molar refractivity (Wildman–Crippen MR) is 174 cm³/mol. The van der Waals surface area contributed by atoms with Gasteiger partial charge in [-0.2, -0.15) is 0 Å². The molecule has 0 heterocycles. The third-order valence-corrected chi connectivity index (χ3v) is 7.26. The number of esters is 1. The molecule has 8 heteroatoms. The Morgan fingerprint density at radius 2 is 1.44 bits per heavy atom. The molecule has 3 atom stereocenters. The SMILES string of the molecule is CC(NC(=O)C(NC(=O)C(CCCc1ccc(Oc2ccccc2)c(F)c1)CC(=O)OC(C)(C)C)C(C)(C)C)c1ccccc1. The van der Waals surface area contributed by atoms with E-state index >= 15 is 0 Å². The number of halogens is 1. The largest absolute Gasteiger partial charge is 0.460 e. The maximum atomic E-state index is 14.8. The van der Waals surface area contributed by atoms with Crippen LogP contribution >= 0.6 is 0 Å². The Kier molecular flexibility index (Phi) is 12.3. The van der Waals surface area contributed by atoms with Crippen molar-refractivity contribution >= 4 is 17.8 Å². The maximum absolute atomic E-state index is 14.8. The summed E-state index contributed by atoms with van der Waals surface area (Å²) < 4.78 is 26.0. The minimum Gasteiger partial charge on any atom is -0.460 e. The fourth-order valence-electron chi connectivity index (χ4n) is 4.92. The van der Waals surface area contributed by atoms with Gasteiger partial charge in [0, 0.05) is 5.92 Å². The van der Waals surface area contributed by atoms with Gasteiger partial charge in [-0.3, -0.25) is 14.4 Å². The first kappa shape index (κ1) is 35.3. The quantitative estimate of drug-likeness (QED) is 0.192. The standard InChI is InChI=1S/C37H47FN2O5/c1-25(27-16-10-8-11-17-27)39-35(43)33(36(2,3)4)40-34(42)28(24-32(41)45-37(5,6)7)18-14-15-26-21-22-31(30(38)23-26)44-29-19-12-9-13-20-29/h8-13,16-17,19-23,25,28,33H,14-15,18,24H2,1-7H3,(H,39,43)(H,40,42). The van der Waals surface area contributed by atoms with E-state index in [1.54, 1.807) is 45.0 Å². The summed E-state index contributed by atoms with van der Waals surface area (Å²) in [5.41, 5.74) is 0.379. The van der Waals surface area contributed by atoms with E-state index < -0.39 is 40.7 Å². The minimum atomic E-state index is -0.844. The van der Waals surface area contributed by atoms with Crippen LogP contribution in [0.25, 0.3) is 0 Å². The Morgan fingerprint density at radius 3 is 2.02 bits per heavy atom. The van der Waals surface area contributed by atoms with Crippen molar-refractivity contribution in [3.05, 3.63) is 95.8 Å². The highest BCUT2D eigenvalue weighted by atomic mass is 19.1. The van der Waals surface area contributed by atoms with Crippen molar-refractivity contribution in [2.45, 2.75) is 91.8 Å². The summed E-state index contributed by atoms with van der Waals surface area (Å²) in [4.78, 5) is 40.0. The van der Waals surface area contributed by atoms with E-state index in [-0.39, 0.29) is 24.1 Å². The third kappa shape index (κ3) is 11.7. The minimum absolute atomic E-state index is 0.125. The van der Waals surface area contributed by atoms with Gasteiger partial charge in [0.05, 0.1) is 12.5 Å². The second-order valence-corrected chi connectivity index (χ2v) is 13.5. The molecule has 242 valence electrons. The van der Waals surface area contributed by atoms with E-state index in [0.717, 1.165) is 11.1 Å². The third-order valence-electron chi connectivity index (χ3n) is 7.26. The lowest BCUT2D eigenvalue weighted by Gasteiger charge is -2.33. The monoisotopic (exact) mass is 618 g/mol. The number of hydrogen-bond donors (Lipinski definition) is 2. The Hall–Kier alpha value is -4.20. The molecule has 0 bridgehead atoms. The normalized spacial score (nSPS) is 13.7. The molecule has 45 heavy (non-hydrogen) atoms. The van der Waals surface area contributed by atoms with E-state index in [1.165, 1.54) is 6.07 Å².